The molecule has 0 spiro atoms. The number of nitrogens with zero attached hydrogens (tertiary/aromatic N) is 1. The second-order valence-electron chi connectivity index (χ2n) is 10.1. The molecule has 7 atom stereocenters. The quantitative estimate of drug-likeness (QED) is 0.320. The fourth-order valence-corrected chi connectivity index (χ4v) is 6.42. The van der Waals surface area contributed by atoms with Gasteiger partial charge < -0.3 is 15.3 Å². The Morgan fingerprint density at radius 3 is 2.37 bits per heavy atom. The molecule has 0 bridgehead atoms. The molecule has 0 aromatic rings. The number of carboxylic acid groups (broad SMARTS) is 1. The van der Waals surface area contributed by atoms with Crippen molar-refractivity contribution in [2.24, 2.45) is 34.5 Å². The number of carbonyl (C=O) groups is 1. The van der Waals surface area contributed by atoms with Gasteiger partial charge in [-0.1, -0.05) is 60.8 Å². The standard InChI is InChI=1S/C21H39NO5/c1-7-13(2)8-10-15-14(3)9-11-16-19(4,5)12-17(23)21(26,20(15,16)6)22(27)18(24)25/h13-17,23,26-27H,7-12H2,1-6H3,(H,24,25)/t13-,14+,15+,16+,17?,20-,21?/m1/s1. The van der Waals surface area contributed by atoms with Crippen LogP contribution in [0.2, 0.25) is 0 Å². The SMILES string of the molecule is CC[C@@H](C)CC[C@H]1[C@@H](C)CC[C@H]2C(C)(C)CC(O)C(O)(N(O)C(=O)O)[C@]12C. The first kappa shape index (κ1) is 22.4. The summed E-state index contributed by atoms with van der Waals surface area (Å²) in [6.07, 6.45) is 2.05. The van der Waals surface area contributed by atoms with E-state index in [9.17, 15) is 25.3 Å². The van der Waals surface area contributed by atoms with E-state index in [0.29, 0.717) is 5.92 Å². The Kier molecular flexibility index (Phi) is 6.25. The van der Waals surface area contributed by atoms with Crippen LogP contribution in [0, 0.1) is 34.5 Å². The minimum absolute atomic E-state index is 0.00512. The molecule has 6 heteroatoms. The van der Waals surface area contributed by atoms with E-state index in [2.05, 4.69) is 34.6 Å². The Balaban J connectivity index is 2.58. The highest BCUT2D eigenvalue weighted by Crippen LogP contribution is 2.66. The average molecular weight is 386 g/mol. The normalized spacial score (nSPS) is 42.3. The molecule has 0 radical (unpaired) electrons. The largest absolute Gasteiger partial charge is 0.463 e. The third-order valence-electron chi connectivity index (χ3n) is 8.18. The predicted octanol–water partition coefficient (Wildman–Crippen LogP) is 4.33. The molecule has 6 nitrogen and oxygen atoms in total. The molecule has 0 aliphatic heterocycles. The molecule has 2 saturated carbocycles. The lowest BCUT2D eigenvalue weighted by atomic mass is 9.42. The summed E-state index contributed by atoms with van der Waals surface area (Å²) >= 11 is 0. The van der Waals surface area contributed by atoms with Gasteiger partial charge in [0, 0.05) is 5.41 Å². The van der Waals surface area contributed by atoms with Crippen molar-refractivity contribution in [1.29, 1.82) is 0 Å². The maximum atomic E-state index is 11.6. The molecule has 2 rings (SSSR count). The number of fused-ring (bicyclic) bond motifs is 1. The molecule has 2 fully saturated rings. The highest BCUT2D eigenvalue weighted by Gasteiger charge is 2.71. The third kappa shape index (κ3) is 3.38. The minimum atomic E-state index is -2.21. The highest BCUT2D eigenvalue weighted by atomic mass is 16.6. The second kappa shape index (κ2) is 7.53. The topological polar surface area (TPSA) is 101 Å². The Morgan fingerprint density at radius 1 is 1.26 bits per heavy atom. The van der Waals surface area contributed by atoms with Crippen molar-refractivity contribution in [2.45, 2.75) is 91.9 Å². The molecule has 0 aromatic heterocycles. The fourth-order valence-electron chi connectivity index (χ4n) is 6.42. The van der Waals surface area contributed by atoms with Crippen LogP contribution in [0.1, 0.15) is 80.1 Å². The van der Waals surface area contributed by atoms with Gasteiger partial charge in [0.1, 0.15) is 6.10 Å². The number of hydroxylamine groups is 2. The maximum Gasteiger partial charge on any atom is 0.434 e. The average Bonchev–Trinajstić information content (AvgIpc) is 2.57. The predicted molar refractivity (Wildman–Crippen MR) is 103 cm³/mol. The van der Waals surface area contributed by atoms with Gasteiger partial charge in [0.15, 0.2) is 5.72 Å². The lowest BCUT2D eigenvalue weighted by Crippen LogP contribution is -2.76. The summed E-state index contributed by atoms with van der Waals surface area (Å²) in [4.78, 5) is 11.6. The first-order valence-electron chi connectivity index (χ1n) is 10.5. The van der Waals surface area contributed by atoms with Crippen molar-refractivity contribution < 1.29 is 25.3 Å². The molecule has 2 aliphatic carbocycles. The van der Waals surface area contributed by atoms with Crippen LogP contribution in [-0.4, -0.2) is 43.5 Å². The Labute approximate surface area is 163 Å². The van der Waals surface area contributed by atoms with Gasteiger partial charge in [-0.05, 0) is 48.3 Å². The van der Waals surface area contributed by atoms with Crippen molar-refractivity contribution in [3.63, 3.8) is 0 Å². The van der Waals surface area contributed by atoms with E-state index in [0.717, 1.165) is 32.1 Å². The highest BCUT2D eigenvalue weighted by molar-refractivity contribution is 5.64. The summed E-state index contributed by atoms with van der Waals surface area (Å²) in [6.45, 7) is 12.6. The molecule has 0 aromatic carbocycles. The lowest BCUT2D eigenvalue weighted by Gasteiger charge is -2.67. The van der Waals surface area contributed by atoms with E-state index >= 15 is 0 Å². The van der Waals surface area contributed by atoms with Gasteiger partial charge in [-0.25, -0.2) is 4.79 Å². The first-order valence-corrected chi connectivity index (χ1v) is 10.5. The number of hydrogen-bond acceptors (Lipinski definition) is 4. The van der Waals surface area contributed by atoms with E-state index < -0.39 is 23.3 Å². The van der Waals surface area contributed by atoms with Gasteiger partial charge in [0.25, 0.3) is 0 Å². The maximum absolute atomic E-state index is 11.6. The van der Waals surface area contributed by atoms with Gasteiger partial charge in [-0.2, -0.15) is 5.06 Å². The zero-order valence-corrected chi connectivity index (χ0v) is 17.8. The van der Waals surface area contributed by atoms with Gasteiger partial charge >= 0.3 is 6.09 Å². The number of aliphatic hydroxyl groups is 2. The lowest BCUT2D eigenvalue weighted by molar-refractivity contribution is -0.373. The molecule has 0 heterocycles. The van der Waals surface area contributed by atoms with Crippen LogP contribution in [0.3, 0.4) is 0 Å². The van der Waals surface area contributed by atoms with Crippen molar-refractivity contribution in [2.75, 3.05) is 0 Å². The Bertz CT molecular complexity index is 553. The van der Waals surface area contributed by atoms with E-state index in [1.165, 1.54) is 0 Å². The van der Waals surface area contributed by atoms with Crippen LogP contribution >= 0.6 is 0 Å². The van der Waals surface area contributed by atoms with Crippen molar-refractivity contribution in [3.8, 4) is 0 Å². The molecule has 4 N–H and O–H groups in total. The number of rotatable bonds is 5. The van der Waals surface area contributed by atoms with Crippen LogP contribution in [0.4, 0.5) is 4.79 Å². The summed E-state index contributed by atoms with van der Waals surface area (Å²) in [5.74, 6) is 0.842. The fraction of sp³-hybridized carbons (Fsp3) is 0.952. The summed E-state index contributed by atoms with van der Waals surface area (Å²) < 4.78 is 0. The van der Waals surface area contributed by atoms with Crippen molar-refractivity contribution >= 4 is 6.09 Å². The van der Waals surface area contributed by atoms with E-state index in [1.807, 2.05) is 6.92 Å². The van der Waals surface area contributed by atoms with Gasteiger partial charge in [-0.3, -0.25) is 5.21 Å². The zero-order valence-electron chi connectivity index (χ0n) is 17.8. The van der Waals surface area contributed by atoms with Gasteiger partial charge in [0.05, 0.1) is 0 Å². The molecule has 1 amide bonds. The summed E-state index contributed by atoms with van der Waals surface area (Å²) in [6, 6.07) is 0. The van der Waals surface area contributed by atoms with Crippen LogP contribution in [0.15, 0.2) is 0 Å². The molecule has 2 unspecified atom stereocenters. The number of aliphatic hydroxyl groups excluding tert-OH is 1. The van der Waals surface area contributed by atoms with Crippen molar-refractivity contribution in [3.05, 3.63) is 0 Å². The van der Waals surface area contributed by atoms with E-state index in [-0.39, 0.29) is 34.7 Å². The first-order chi connectivity index (χ1) is 12.3. The smallest absolute Gasteiger partial charge is 0.434 e. The number of hydrogen-bond donors (Lipinski definition) is 4. The summed E-state index contributed by atoms with van der Waals surface area (Å²) in [7, 11) is 0. The van der Waals surface area contributed by atoms with Crippen molar-refractivity contribution in [1.82, 2.24) is 5.06 Å². The van der Waals surface area contributed by atoms with Crippen LogP contribution in [0.25, 0.3) is 0 Å². The summed E-state index contributed by atoms with van der Waals surface area (Å²) in [5, 5.41) is 42.4. The van der Waals surface area contributed by atoms with E-state index in [4.69, 9.17) is 0 Å². The van der Waals surface area contributed by atoms with E-state index in [1.54, 1.807) is 0 Å². The molecule has 27 heavy (non-hydrogen) atoms. The second-order valence-corrected chi connectivity index (χ2v) is 10.1. The zero-order chi connectivity index (χ0) is 20.8. The van der Waals surface area contributed by atoms with Crippen LogP contribution < -0.4 is 0 Å². The van der Waals surface area contributed by atoms with Gasteiger partial charge in [-0.15, -0.1) is 0 Å². The Morgan fingerprint density at radius 2 is 1.85 bits per heavy atom. The molecular formula is C21H39NO5. The molecular weight excluding hydrogens is 346 g/mol. The molecule has 0 saturated heterocycles. The molecule has 2 aliphatic rings. The Hall–Kier alpha value is -0.850. The monoisotopic (exact) mass is 385 g/mol. The minimum Gasteiger partial charge on any atom is -0.463 e. The number of amides is 1. The third-order valence-corrected chi connectivity index (χ3v) is 8.18. The van der Waals surface area contributed by atoms with Crippen LogP contribution in [-0.2, 0) is 0 Å². The summed E-state index contributed by atoms with van der Waals surface area (Å²) in [5.41, 5.74) is -3.41. The van der Waals surface area contributed by atoms with Crippen LogP contribution in [0.5, 0.6) is 0 Å². The molecule has 158 valence electrons. The van der Waals surface area contributed by atoms with Gasteiger partial charge in [0.2, 0.25) is 0 Å².